The van der Waals surface area contributed by atoms with Crippen LogP contribution >= 0.6 is 11.8 Å². The van der Waals surface area contributed by atoms with Gasteiger partial charge in [-0.3, -0.25) is 29.9 Å². The Morgan fingerprint density at radius 1 is 0.837 bits per heavy atom. The monoisotopic (exact) mass is 693 g/mol. The van der Waals surface area contributed by atoms with E-state index in [4.69, 9.17) is 14.2 Å². The Labute approximate surface area is 285 Å². The molecule has 15 nitrogen and oxygen atoms in total. The van der Waals surface area contributed by atoms with Crippen LogP contribution in [0.4, 0.5) is 21.0 Å². The second kappa shape index (κ2) is 16.1. The average molecular weight is 694 g/mol. The lowest BCUT2D eigenvalue weighted by molar-refractivity contribution is -0.385. The molecule has 2 saturated heterocycles. The lowest BCUT2D eigenvalue weighted by atomic mass is 10.2. The molecule has 0 aromatic heterocycles. The van der Waals surface area contributed by atoms with Crippen molar-refractivity contribution in [3.05, 3.63) is 110 Å². The summed E-state index contributed by atoms with van der Waals surface area (Å²) in [6, 6.07) is 17.9. The second-order valence-corrected chi connectivity index (χ2v) is 12.9. The molecule has 3 aromatic carbocycles. The molecule has 5 rings (SSSR count). The first-order chi connectivity index (χ1) is 23.6. The number of rotatable bonds is 12. The summed E-state index contributed by atoms with van der Waals surface area (Å²) < 4.78 is 16.1. The molecule has 0 bridgehead atoms. The van der Waals surface area contributed by atoms with E-state index >= 15 is 0 Å². The summed E-state index contributed by atoms with van der Waals surface area (Å²) in [5, 5.41) is 24.5. The van der Waals surface area contributed by atoms with Crippen LogP contribution in [0.25, 0.3) is 0 Å². The number of benzene rings is 3. The molecule has 3 aromatic rings. The van der Waals surface area contributed by atoms with Crippen LogP contribution in [0.15, 0.2) is 72.8 Å². The molecule has 2 fully saturated rings. The Morgan fingerprint density at radius 2 is 1.41 bits per heavy atom. The Morgan fingerprint density at radius 3 is 1.98 bits per heavy atom. The Balaban J connectivity index is 1.17. The van der Waals surface area contributed by atoms with Gasteiger partial charge in [-0.1, -0.05) is 12.1 Å². The fourth-order valence-corrected chi connectivity index (χ4v) is 6.80. The minimum atomic E-state index is -0.773. The summed E-state index contributed by atoms with van der Waals surface area (Å²) in [7, 11) is 1.60. The number of non-ortho nitro benzene ring substituents is 2. The SMILES string of the molecule is COc1ccc(CS[C@H]2C[C@@H](C(=O)N3CC[C@H](NC(=O)OCc4ccc([N+](=O)[O-])cc4)C3)N(C(=O)OCc3ccc([N+](=O)[O-])cc3)C2)cc1. The summed E-state index contributed by atoms with van der Waals surface area (Å²) in [5.74, 6) is 1.17. The lowest BCUT2D eigenvalue weighted by Crippen LogP contribution is -2.48. The zero-order chi connectivity index (χ0) is 34.9. The molecule has 3 atom stereocenters. The number of alkyl carbamates (subject to hydrolysis) is 1. The van der Waals surface area contributed by atoms with Gasteiger partial charge in [-0.05, 0) is 65.9 Å². The molecule has 16 heteroatoms. The van der Waals surface area contributed by atoms with Gasteiger partial charge in [0.1, 0.15) is 25.0 Å². The third kappa shape index (κ3) is 9.37. The minimum absolute atomic E-state index is 0.0473. The van der Waals surface area contributed by atoms with Gasteiger partial charge in [0, 0.05) is 54.9 Å². The maximum absolute atomic E-state index is 13.8. The first-order valence-electron chi connectivity index (χ1n) is 15.5. The number of hydrogen-bond acceptors (Lipinski definition) is 11. The third-order valence-corrected chi connectivity index (χ3v) is 9.59. The van der Waals surface area contributed by atoms with Crippen LogP contribution in [-0.4, -0.2) is 81.8 Å². The fourth-order valence-electron chi connectivity index (χ4n) is 5.59. The number of thioether (sulfide) groups is 1. The molecule has 2 heterocycles. The van der Waals surface area contributed by atoms with Crippen LogP contribution in [0.2, 0.25) is 0 Å². The topological polar surface area (TPSA) is 184 Å². The smallest absolute Gasteiger partial charge is 0.410 e. The van der Waals surface area contributed by atoms with E-state index in [1.165, 1.54) is 53.4 Å². The van der Waals surface area contributed by atoms with Crippen molar-refractivity contribution in [2.45, 2.75) is 49.1 Å². The maximum Gasteiger partial charge on any atom is 0.410 e. The molecular weight excluding hydrogens is 658 g/mol. The number of amides is 3. The predicted molar refractivity (Wildman–Crippen MR) is 178 cm³/mol. The van der Waals surface area contributed by atoms with Crippen LogP contribution < -0.4 is 10.1 Å². The number of ether oxygens (including phenoxy) is 3. The molecule has 0 aliphatic carbocycles. The first kappa shape index (κ1) is 34.9. The van der Waals surface area contributed by atoms with Gasteiger partial charge in [-0.15, -0.1) is 0 Å². The van der Waals surface area contributed by atoms with Gasteiger partial charge in [0.25, 0.3) is 11.4 Å². The highest BCUT2D eigenvalue weighted by Crippen LogP contribution is 2.32. The molecule has 0 unspecified atom stereocenters. The van der Waals surface area contributed by atoms with Crippen LogP contribution in [0.1, 0.15) is 29.5 Å². The summed E-state index contributed by atoms with van der Waals surface area (Å²) in [4.78, 5) is 63.5. The van der Waals surface area contributed by atoms with Gasteiger partial charge in [0.2, 0.25) is 5.91 Å². The average Bonchev–Trinajstić information content (AvgIpc) is 3.77. The molecule has 258 valence electrons. The van der Waals surface area contributed by atoms with Crippen LogP contribution in [0, 0.1) is 20.2 Å². The Bertz CT molecular complexity index is 1660. The molecule has 49 heavy (non-hydrogen) atoms. The quantitative estimate of drug-likeness (QED) is 0.198. The van der Waals surface area contributed by atoms with Crippen molar-refractivity contribution >= 4 is 41.2 Å². The molecule has 0 radical (unpaired) electrons. The number of nitro groups is 2. The van der Waals surface area contributed by atoms with Gasteiger partial charge in [-0.25, -0.2) is 9.59 Å². The summed E-state index contributed by atoms with van der Waals surface area (Å²) in [5.41, 5.74) is 2.09. The molecule has 2 aliphatic rings. The van der Waals surface area contributed by atoms with Gasteiger partial charge in [0.15, 0.2) is 0 Å². The summed E-state index contributed by atoms with van der Waals surface area (Å²) in [6.45, 7) is 0.708. The number of methoxy groups -OCH3 is 1. The zero-order valence-electron chi connectivity index (χ0n) is 26.6. The van der Waals surface area contributed by atoms with Crippen molar-refractivity contribution in [2.24, 2.45) is 0 Å². The van der Waals surface area contributed by atoms with E-state index in [0.717, 1.165) is 11.3 Å². The van der Waals surface area contributed by atoms with E-state index in [1.807, 2.05) is 24.3 Å². The lowest BCUT2D eigenvalue weighted by Gasteiger charge is -2.27. The summed E-state index contributed by atoms with van der Waals surface area (Å²) >= 11 is 1.64. The van der Waals surface area contributed by atoms with E-state index in [2.05, 4.69) is 5.32 Å². The number of nitro benzene ring substituents is 2. The predicted octanol–water partition coefficient (Wildman–Crippen LogP) is 5.05. The maximum atomic E-state index is 13.8. The molecule has 3 amide bonds. The van der Waals surface area contributed by atoms with Crippen molar-refractivity contribution in [2.75, 3.05) is 26.7 Å². The standard InChI is InChI=1S/C33H35N5O10S/c1-46-28-12-6-24(7-13-28)21-49-29-16-30(36(18-29)33(41)48-20-23-4-10-27(11-5-23)38(44)45)31(39)35-15-14-25(17-35)34-32(40)47-19-22-2-8-26(9-3-22)37(42)43/h2-13,25,29-30H,14-21H2,1H3,(H,34,40)/t25-,29-,30-/m0/s1. The number of likely N-dealkylation sites (tertiary alicyclic amines) is 2. The molecular formula is C33H35N5O10S. The van der Waals surface area contributed by atoms with E-state index in [1.54, 1.807) is 23.8 Å². The van der Waals surface area contributed by atoms with Gasteiger partial charge >= 0.3 is 12.2 Å². The molecule has 0 saturated carbocycles. The largest absolute Gasteiger partial charge is 0.497 e. The van der Waals surface area contributed by atoms with Crippen molar-refractivity contribution in [1.29, 1.82) is 0 Å². The van der Waals surface area contributed by atoms with Crippen molar-refractivity contribution in [3.8, 4) is 5.75 Å². The van der Waals surface area contributed by atoms with E-state index in [0.29, 0.717) is 42.8 Å². The molecule has 1 N–H and O–H groups in total. The first-order valence-corrected chi connectivity index (χ1v) is 16.5. The second-order valence-electron chi connectivity index (χ2n) is 11.6. The van der Waals surface area contributed by atoms with Crippen LogP contribution in [0.3, 0.4) is 0 Å². The highest BCUT2D eigenvalue weighted by molar-refractivity contribution is 7.99. The minimum Gasteiger partial charge on any atom is -0.497 e. The Kier molecular flexibility index (Phi) is 11.5. The number of hydrogen-bond donors (Lipinski definition) is 1. The van der Waals surface area contributed by atoms with E-state index < -0.39 is 28.1 Å². The highest BCUT2D eigenvalue weighted by atomic mass is 32.2. The number of nitrogens with zero attached hydrogens (tertiary/aromatic N) is 4. The normalized spacial score (nSPS) is 18.5. The van der Waals surface area contributed by atoms with E-state index in [9.17, 15) is 34.6 Å². The molecule has 0 spiro atoms. The van der Waals surface area contributed by atoms with Gasteiger partial charge < -0.3 is 24.4 Å². The van der Waals surface area contributed by atoms with Crippen molar-refractivity contribution < 1.29 is 38.4 Å². The van der Waals surface area contributed by atoms with Crippen LogP contribution in [0.5, 0.6) is 5.75 Å². The number of nitrogens with one attached hydrogen (secondary N) is 1. The Hall–Kier alpha value is -5.38. The third-order valence-electron chi connectivity index (χ3n) is 8.28. The van der Waals surface area contributed by atoms with Crippen molar-refractivity contribution in [3.63, 3.8) is 0 Å². The van der Waals surface area contributed by atoms with E-state index in [-0.39, 0.29) is 48.3 Å². The zero-order valence-corrected chi connectivity index (χ0v) is 27.4. The van der Waals surface area contributed by atoms with Crippen molar-refractivity contribution in [1.82, 2.24) is 15.1 Å². The van der Waals surface area contributed by atoms with Crippen LogP contribution in [-0.2, 0) is 33.2 Å². The fraction of sp³-hybridized carbons (Fsp3) is 0.364. The summed E-state index contributed by atoms with van der Waals surface area (Å²) in [6.07, 6.45) is -0.429. The van der Waals surface area contributed by atoms with Gasteiger partial charge in [-0.2, -0.15) is 11.8 Å². The van der Waals surface area contributed by atoms with Gasteiger partial charge in [0.05, 0.1) is 23.0 Å². The number of carbonyl (C=O) groups excluding carboxylic acids is 3. The number of carbonyl (C=O) groups is 3. The molecule has 2 aliphatic heterocycles. The highest BCUT2D eigenvalue weighted by Gasteiger charge is 2.43.